The molecular weight excluding hydrogens is 236 g/mol. The van der Waals surface area contributed by atoms with Crippen molar-refractivity contribution in [1.29, 1.82) is 0 Å². The molecule has 2 nitrogen and oxygen atoms in total. The summed E-state index contributed by atoms with van der Waals surface area (Å²) in [4.78, 5) is 0. The molecule has 0 spiro atoms. The van der Waals surface area contributed by atoms with Gasteiger partial charge in [0, 0.05) is 11.1 Å². The van der Waals surface area contributed by atoms with Crippen LogP contribution in [0.5, 0.6) is 11.5 Å². The highest BCUT2D eigenvalue weighted by Gasteiger charge is 2.37. The van der Waals surface area contributed by atoms with Gasteiger partial charge < -0.3 is 10.2 Å². The molecule has 2 heteroatoms. The number of rotatable bonds is 1. The molecule has 0 saturated heterocycles. The standard InChI is InChI=1S/C17H22O2/c1-17(2,3)16-14(19)7-6-13(18)15(16)12-9-10-4-5-11(12)8-10/h6-7,9-11,18-19H,4-5,8H2,1-3H3. The van der Waals surface area contributed by atoms with E-state index < -0.39 is 0 Å². The Morgan fingerprint density at radius 2 is 1.74 bits per heavy atom. The first-order valence-electron chi connectivity index (χ1n) is 7.15. The fourth-order valence-electron chi connectivity index (χ4n) is 3.76. The quantitative estimate of drug-likeness (QED) is 0.741. The third-order valence-corrected chi connectivity index (χ3v) is 4.53. The van der Waals surface area contributed by atoms with Gasteiger partial charge in [-0.05, 0) is 54.2 Å². The summed E-state index contributed by atoms with van der Waals surface area (Å²) in [7, 11) is 0. The van der Waals surface area contributed by atoms with E-state index in [4.69, 9.17) is 0 Å². The van der Waals surface area contributed by atoms with E-state index in [1.165, 1.54) is 24.8 Å². The van der Waals surface area contributed by atoms with Crippen LogP contribution in [0.1, 0.15) is 51.2 Å². The van der Waals surface area contributed by atoms with Crippen LogP contribution < -0.4 is 0 Å². The van der Waals surface area contributed by atoms with Crippen molar-refractivity contribution in [3.05, 3.63) is 29.3 Å². The Morgan fingerprint density at radius 3 is 2.26 bits per heavy atom. The average Bonchev–Trinajstić information content (AvgIpc) is 2.92. The molecule has 0 radical (unpaired) electrons. The SMILES string of the molecule is CC(C)(C)c1c(O)ccc(O)c1C1=CC2CCC1C2. The number of benzene rings is 1. The van der Waals surface area contributed by atoms with Gasteiger partial charge in [0.05, 0.1) is 0 Å². The van der Waals surface area contributed by atoms with Crippen molar-refractivity contribution in [3.8, 4) is 11.5 Å². The Labute approximate surface area is 114 Å². The van der Waals surface area contributed by atoms with Crippen molar-refractivity contribution in [2.24, 2.45) is 11.8 Å². The van der Waals surface area contributed by atoms with Gasteiger partial charge in [-0.1, -0.05) is 26.8 Å². The molecule has 1 aromatic rings. The molecule has 2 unspecified atom stereocenters. The smallest absolute Gasteiger partial charge is 0.123 e. The summed E-state index contributed by atoms with van der Waals surface area (Å²) in [5.41, 5.74) is 2.85. The van der Waals surface area contributed by atoms with E-state index in [9.17, 15) is 10.2 Å². The van der Waals surface area contributed by atoms with E-state index in [1.807, 2.05) is 0 Å². The summed E-state index contributed by atoms with van der Waals surface area (Å²) in [5.74, 6) is 1.85. The highest BCUT2D eigenvalue weighted by Crippen LogP contribution is 2.52. The summed E-state index contributed by atoms with van der Waals surface area (Å²) in [5, 5.41) is 20.6. The summed E-state index contributed by atoms with van der Waals surface area (Å²) in [6.07, 6.45) is 6.03. The molecule has 102 valence electrons. The Balaban J connectivity index is 2.21. The number of aromatic hydroxyl groups is 2. The van der Waals surface area contributed by atoms with Crippen molar-refractivity contribution < 1.29 is 10.2 Å². The topological polar surface area (TPSA) is 40.5 Å². The van der Waals surface area contributed by atoms with Gasteiger partial charge in [0.25, 0.3) is 0 Å². The third-order valence-electron chi connectivity index (χ3n) is 4.53. The van der Waals surface area contributed by atoms with Crippen LogP contribution in [0.25, 0.3) is 5.57 Å². The van der Waals surface area contributed by atoms with E-state index in [1.54, 1.807) is 12.1 Å². The minimum Gasteiger partial charge on any atom is -0.508 e. The Kier molecular flexibility index (Phi) is 2.67. The minimum absolute atomic E-state index is 0.180. The molecule has 3 rings (SSSR count). The molecule has 1 saturated carbocycles. The fourth-order valence-corrected chi connectivity index (χ4v) is 3.76. The summed E-state index contributed by atoms with van der Waals surface area (Å²) in [6.45, 7) is 6.25. The van der Waals surface area contributed by atoms with Gasteiger partial charge >= 0.3 is 0 Å². The van der Waals surface area contributed by atoms with Crippen molar-refractivity contribution in [3.63, 3.8) is 0 Å². The first-order valence-corrected chi connectivity index (χ1v) is 7.15. The number of phenols is 2. The first kappa shape index (κ1) is 12.6. The molecule has 2 atom stereocenters. The molecule has 1 fully saturated rings. The van der Waals surface area contributed by atoms with Crippen molar-refractivity contribution in [1.82, 2.24) is 0 Å². The van der Waals surface area contributed by atoms with E-state index in [0.29, 0.717) is 23.3 Å². The number of fused-ring (bicyclic) bond motifs is 2. The van der Waals surface area contributed by atoms with Crippen LogP contribution in [0.3, 0.4) is 0 Å². The summed E-state index contributed by atoms with van der Waals surface area (Å²) < 4.78 is 0. The lowest BCUT2D eigenvalue weighted by atomic mass is 9.78. The van der Waals surface area contributed by atoms with Crippen LogP contribution in [0.15, 0.2) is 18.2 Å². The lowest BCUT2D eigenvalue weighted by Crippen LogP contribution is -2.15. The zero-order chi connectivity index (χ0) is 13.8. The normalized spacial score (nSPS) is 25.7. The van der Waals surface area contributed by atoms with Crippen molar-refractivity contribution in [2.45, 2.75) is 45.4 Å². The molecule has 0 amide bonds. The van der Waals surface area contributed by atoms with Crippen LogP contribution in [-0.4, -0.2) is 10.2 Å². The van der Waals surface area contributed by atoms with Gasteiger partial charge in [0.15, 0.2) is 0 Å². The van der Waals surface area contributed by atoms with Crippen molar-refractivity contribution >= 4 is 5.57 Å². The molecule has 19 heavy (non-hydrogen) atoms. The Hall–Kier alpha value is -1.44. The van der Waals surface area contributed by atoms with Gasteiger partial charge in [0.2, 0.25) is 0 Å². The lowest BCUT2D eigenvalue weighted by molar-refractivity contribution is 0.432. The van der Waals surface area contributed by atoms with Gasteiger partial charge in [-0.2, -0.15) is 0 Å². The van der Waals surface area contributed by atoms with Crippen LogP contribution >= 0.6 is 0 Å². The second-order valence-electron chi connectivity index (χ2n) is 7.00. The van der Waals surface area contributed by atoms with Crippen LogP contribution in [0, 0.1) is 11.8 Å². The van der Waals surface area contributed by atoms with Gasteiger partial charge in [-0.3, -0.25) is 0 Å². The summed E-state index contributed by atoms with van der Waals surface area (Å²) in [6, 6.07) is 3.22. The molecule has 2 aliphatic carbocycles. The minimum atomic E-state index is -0.180. The maximum atomic E-state index is 10.3. The Bertz CT molecular complexity index is 549. The van der Waals surface area contributed by atoms with Gasteiger partial charge in [-0.25, -0.2) is 0 Å². The molecule has 0 heterocycles. The molecule has 1 aromatic carbocycles. The van der Waals surface area contributed by atoms with Gasteiger partial charge in [-0.15, -0.1) is 0 Å². The van der Waals surface area contributed by atoms with Crippen LogP contribution in [0.2, 0.25) is 0 Å². The van der Waals surface area contributed by atoms with Crippen LogP contribution in [0.4, 0.5) is 0 Å². The highest BCUT2D eigenvalue weighted by molar-refractivity contribution is 5.79. The number of phenolic OH excluding ortho intramolecular Hbond substituents is 2. The number of hydrogen-bond donors (Lipinski definition) is 2. The maximum absolute atomic E-state index is 10.3. The molecule has 2 aliphatic rings. The molecule has 0 aliphatic heterocycles. The molecular formula is C17H22O2. The van der Waals surface area contributed by atoms with E-state index in [0.717, 1.165) is 11.1 Å². The second kappa shape index (κ2) is 4.03. The van der Waals surface area contributed by atoms with Crippen molar-refractivity contribution in [2.75, 3.05) is 0 Å². The van der Waals surface area contributed by atoms with Crippen LogP contribution in [-0.2, 0) is 5.41 Å². The summed E-state index contributed by atoms with van der Waals surface area (Å²) >= 11 is 0. The highest BCUT2D eigenvalue weighted by atomic mass is 16.3. The zero-order valence-electron chi connectivity index (χ0n) is 11.9. The Morgan fingerprint density at radius 1 is 1.05 bits per heavy atom. The molecule has 0 aromatic heterocycles. The largest absolute Gasteiger partial charge is 0.508 e. The first-order chi connectivity index (χ1) is 8.88. The lowest BCUT2D eigenvalue weighted by Gasteiger charge is -2.27. The second-order valence-corrected chi connectivity index (χ2v) is 7.00. The molecule has 2 N–H and O–H groups in total. The average molecular weight is 258 g/mol. The van der Waals surface area contributed by atoms with Gasteiger partial charge in [0.1, 0.15) is 11.5 Å². The maximum Gasteiger partial charge on any atom is 0.123 e. The fraction of sp³-hybridized carbons (Fsp3) is 0.529. The predicted octanol–water partition coefficient (Wildman–Crippen LogP) is 4.21. The number of hydrogen-bond acceptors (Lipinski definition) is 2. The third kappa shape index (κ3) is 1.94. The van der Waals surface area contributed by atoms with E-state index in [-0.39, 0.29) is 5.41 Å². The van der Waals surface area contributed by atoms with E-state index >= 15 is 0 Å². The number of allylic oxidation sites excluding steroid dienone is 2. The zero-order valence-corrected chi connectivity index (χ0v) is 11.9. The van der Waals surface area contributed by atoms with E-state index in [2.05, 4.69) is 26.8 Å². The monoisotopic (exact) mass is 258 g/mol. The molecule has 2 bridgehead atoms. The predicted molar refractivity (Wildman–Crippen MR) is 77.3 cm³/mol.